The average Bonchev–Trinajstić information content (AvgIpc) is 2.98. The highest BCUT2D eigenvalue weighted by molar-refractivity contribution is 5.93. The quantitative estimate of drug-likeness (QED) is 0.583. The second-order valence-corrected chi connectivity index (χ2v) is 7.05. The zero-order valence-corrected chi connectivity index (χ0v) is 15.2. The number of carbonyl (C=O) groups excluding carboxylic acids is 2. The van der Waals surface area contributed by atoms with E-state index in [0.29, 0.717) is 32.6 Å². The topological polar surface area (TPSA) is 128 Å². The number of aliphatic carboxylic acids is 1. The molecular formula is C18H25N5O4. The monoisotopic (exact) mass is 375 g/mol. The van der Waals surface area contributed by atoms with E-state index in [1.54, 1.807) is 11.8 Å². The lowest BCUT2D eigenvalue weighted by atomic mass is 9.85. The molecule has 3 rings (SSSR count). The Hall–Kier alpha value is -2.81. The molecule has 2 atom stereocenters. The molecule has 146 valence electrons. The summed E-state index contributed by atoms with van der Waals surface area (Å²) in [4.78, 5) is 39.6. The third-order valence-electron chi connectivity index (χ3n) is 5.46. The number of nitrogens with zero attached hydrogens (tertiary/aromatic N) is 2. The zero-order valence-electron chi connectivity index (χ0n) is 15.2. The Kier molecular flexibility index (Phi) is 5.22. The highest BCUT2D eigenvalue weighted by Crippen LogP contribution is 2.36. The number of para-hydroxylation sites is 1. The van der Waals surface area contributed by atoms with E-state index in [2.05, 4.69) is 15.5 Å². The van der Waals surface area contributed by atoms with Gasteiger partial charge in [0.05, 0.1) is 12.7 Å². The van der Waals surface area contributed by atoms with E-state index in [9.17, 15) is 14.4 Å². The predicted octanol–water partition coefficient (Wildman–Crippen LogP) is -0.0751. The number of amides is 3. The van der Waals surface area contributed by atoms with E-state index >= 15 is 0 Å². The van der Waals surface area contributed by atoms with Crippen molar-refractivity contribution in [3.8, 4) is 0 Å². The summed E-state index contributed by atoms with van der Waals surface area (Å²) in [5.41, 5.74) is 5.84. The summed E-state index contributed by atoms with van der Waals surface area (Å²) in [6, 6.07) is 7.51. The maximum Gasteiger partial charge on any atom is 0.322 e. The molecule has 0 saturated carbocycles. The Bertz CT molecular complexity index is 718. The lowest BCUT2D eigenvalue weighted by Gasteiger charge is -2.43. The van der Waals surface area contributed by atoms with E-state index in [4.69, 9.17) is 10.8 Å². The first kappa shape index (κ1) is 19.0. The molecule has 2 saturated heterocycles. The first-order valence-electron chi connectivity index (χ1n) is 9.00. The van der Waals surface area contributed by atoms with Crippen LogP contribution in [0.3, 0.4) is 0 Å². The van der Waals surface area contributed by atoms with Gasteiger partial charge < -0.3 is 31.3 Å². The van der Waals surface area contributed by atoms with Gasteiger partial charge in [-0.3, -0.25) is 9.59 Å². The van der Waals surface area contributed by atoms with Crippen molar-refractivity contribution in [2.75, 3.05) is 24.7 Å². The number of likely N-dealkylation sites (tertiary alicyclic amines) is 1. The van der Waals surface area contributed by atoms with Gasteiger partial charge in [-0.2, -0.15) is 0 Å². The van der Waals surface area contributed by atoms with Crippen LogP contribution in [0.4, 0.5) is 10.5 Å². The maximum atomic E-state index is 12.6. The highest BCUT2D eigenvalue weighted by Gasteiger charge is 2.50. The normalized spacial score (nSPS) is 20.9. The molecule has 2 fully saturated rings. The molecule has 1 spiro atoms. The van der Waals surface area contributed by atoms with Gasteiger partial charge >= 0.3 is 12.0 Å². The van der Waals surface area contributed by atoms with Crippen LogP contribution < -0.4 is 21.3 Å². The number of nitrogens with two attached hydrogens (primary N) is 1. The minimum Gasteiger partial charge on any atom is -0.480 e. The van der Waals surface area contributed by atoms with Gasteiger partial charge in [0.15, 0.2) is 0 Å². The summed E-state index contributed by atoms with van der Waals surface area (Å²) in [6.07, 6.45) is 1.00. The van der Waals surface area contributed by atoms with E-state index in [1.165, 1.54) is 0 Å². The summed E-state index contributed by atoms with van der Waals surface area (Å²) >= 11 is 0. The molecule has 0 radical (unpaired) electrons. The van der Waals surface area contributed by atoms with Crippen molar-refractivity contribution in [2.45, 2.75) is 37.4 Å². The van der Waals surface area contributed by atoms with Crippen molar-refractivity contribution in [3.05, 3.63) is 30.3 Å². The minimum atomic E-state index is -1.17. The Morgan fingerprint density at radius 2 is 1.89 bits per heavy atom. The number of benzene rings is 1. The van der Waals surface area contributed by atoms with Gasteiger partial charge in [0, 0.05) is 18.8 Å². The highest BCUT2D eigenvalue weighted by atomic mass is 16.4. The smallest absolute Gasteiger partial charge is 0.322 e. The number of rotatable bonds is 4. The molecule has 0 aliphatic carbocycles. The molecular weight excluding hydrogens is 350 g/mol. The largest absolute Gasteiger partial charge is 0.480 e. The van der Waals surface area contributed by atoms with Crippen LogP contribution in [0, 0.1) is 0 Å². The first-order valence-corrected chi connectivity index (χ1v) is 9.00. The maximum absolute atomic E-state index is 12.6. The standard InChI is InChI=1S/C18H25N5O4/c1-12(14(19)15(24)25)21-17(27)22-9-7-18(8-10-22)16(26)20-11-23(18)13-5-3-2-4-6-13/h2-6,12,14H,7-11,19H2,1H3,(H,20,26)(H,21,27)(H,24,25). The van der Waals surface area contributed by atoms with Gasteiger partial charge in [-0.25, -0.2) is 4.79 Å². The van der Waals surface area contributed by atoms with Crippen molar-refractivity contribution in [1.29, 1.82) is 0 Å². The van der Waals surface area contributed by atoms with Crippen LogP contribution in [0.5, 0.6) is 0 Å². The molecule has 0 aromatic heterocycles. The molecule has 9 nitrogen and oxygen atoms in total. The number of carbonyl (C=O) groups is 3. The van der Waals surface area contributed by atoms with Crippen LogP contribution in [0.25, 0.3) is 0 Å². The third kappa shape index (κ3) is 3.55. The first-order chi connectivity index (χ1) is 12.8. The number of carboxylic acid groups (broad SMARTS) is 1. The van der Waals surface area contributed by atoms with E-state index in [-0.39, 0.29) is 11.9 Å². The van der Waals surface area contributed by atoms with Gasteiger partial charge in [-0.05, 0) is 31.9 Å². The molecule has 2 heterocycles. The second-order valence-electron chi connectivity index (χ2n) is 7.05. The number of piperidine rings is 1. The molecule has 1 aromatic carbocycles. The van der Waals surface area contributed by atoms with Crippen LogP contribution >= 0.6 is 0 Å². The fourth-order valence-electron chi connectivity index (χ4n) is 3.70. The summed E-state index contributed by atoms with van der Waals surface area (Å²) in [5, 5.41) is 14.5. The Morgan fingerprint density at radius 1 is 1.26 bits per heavy atom. The van der Waals surface area contributed by atoms with Crippen LogP contribution in [-0.2, 0) is 9.59 Å². The fraction of sp³-hybridized carbons (Fsp3) is 0.500. The number of hydrogen-bond donors (Lipinski definition) is 4. The molecule has 2 aliphatic rings. The van der Waals surface area contributed by atoms with E-state index < -0.39 is 23.6 Å². The lowest BCUT2D eigenvalue weighted by molar-refractivity contribution is -0.139. The van der Waals surface area contributed by atoms with Crippen LogP contribution in [0.1, 0.15) is 19.8 Å². The Morgan fingerprint density at radius 3 is 2.48 bits per heavy atom. The van der Waals surface area contributed by atoms with Gasteiger partial charge in [0.25, 0.3) is 0 Å². The predicted molar refractivity (Wildman–Crippen MR) is 99.1 cm³/mol. The lowest BCUT2D eigenvalue weighted by Crippen LogP contribution is -2.60. The van der Waals surface area contributed by atoms with E-state index in [1.807, 2.05) is 30.3 Å². The minimum absolute atomic E-state index is 0.0207. The molecule has 27 heavy (non-hydrogen) atoms. The molecule has 2 unspecified atom stereocenters. The zero-order chi connectivity index (χ0) is 19.6. The van der Waals surface area contributed by atoms with Gasteiger partial charge in [0.1, 0.15) is 11.6 Å². The number of urea groups is 1. The summed E-state index contributed by atoms with van der Waals surface area (Å²) in [5.74, 6) is -1.19. The number of anilines is 1. The van der Waals surface area contributed by atoms with Crippen molar-refractivity contribution in [2.24, 2.45) is 5.73 Å². The average molecular weight is 375 g/mol. The Labute approximate surface area is 157 Å². The molecule has 9 heteroatoms. The van der Waals surface area contributed by atoms with Crippen LogP contribution in [-0.4, -0.2) is 65.3 Å². The SMILES string of the molecule is CC(NC(=O)N1CCC2(CC1)C(=O)NCN2c1ccccc1)C(N)C(=O)O. The van der Waals surface area contributed by atoms with Crippen molar-refractivity contribution in [3.63, 3.8) is 0 Å². The number of nitrogens with one attached hydrogen (secondary N) is 2. The van der Waals surface area contributed by atoms with Gasteiger partial charge in [0.2, 0.25) is 5.91 Å². The molecule has 2 aliphatic heterocycles. The molecule has 5 N–H and O–H groups in total. The summed E-state index contributed by atoms with van der Waals surface area (Å²) in [6.45, 7) is 2.80. The summed E-state index contributed by atoms with van der Waals surface area (Å²) in [7, 11) is 0. The third-order valence-corrected chi connectivity index (χ3v) is 5.46. The van der Waals surface area contributed by atoms with Crippen molar-refractivity contribution < 1.29 is 19.5 Å². The van der Waals surface area contributed by atoms with Crippen molar-refractivity contribution >= 4 is 23.6 Å². The number of hydrogen-bond acceptors (Lipinski definition) is 5. The molecule has 3 amide bonds. The van der Waals surface area contributed by atoms with Gasteiger partial charge in [-0.1, -0.05) is 18.2 Å². The number of carboxylic acids is 1. The second kappa shape index (κ2) is 7.43. The molecule has 0 bridgehead atoms. The Balaban J connectivity index is 1.65. The fourth-order valence-corrected chi connectivity index (χ4v) is 3.70. The van der Waals surface area contributed by atoms with E-state index in [0.717, 1.165) is 5.69 Å². The van der Waals surface area contributed by atoms with Crippen molar-refractivity contribution in [1.82, 2.24) is 15.5 Å². The van der Waals surface area contributed by atoms with Crippen LogP contribution in [0.15, 0.2) is 30.3 Å². The van der Waals surface area contributed by atoms with Gasteiger partial charge in [-0.15, -0.1) is 0 Å². The summed E-state index contributed by atoms with van der Waals surface area (Å²) < 4.78 is 0. The molecule has 1 aromatic rings. The van der Waals surface area contributed by atoms with Crippen LogP contribution in [0.2, 0.25) is 0 Å².